The molecule has 7 nitrogen and oxygen atoms in total. The number of aromatic nitrogens is 2. The molecule has 0 radical (unpaired) electrons. The molecule has 1 aromatic heterocycles. The lowest BCUT2D eigenvalue weighted by Crippen LogP contribution is -2.45. The van der Waals surface area contributed by atoms with Gasteiger partial charge < -0.3 is 13.9 Å². The predicted molar refractivity (Wildman–Crippen MR) is 65.5 cm³/mol. The summed E-state index contributed by atoms with van der Waals surface area (Å²) in [7, 11) is 0. The Hall–Kier alpha value is -1.63. The van der Waals surface area contributed by atoms with Gasteiger partial charge in [-0.05, 0) is 20.8 Å². The van der Waals surface area contributed by atoms with Crippen LogP contribution in [0.4, 0.5) is 4.79 Å². The van der Waals surface area contributed by atoms with E-state index in [0.29, 0.717) is 31.5 Å². The maximum absolute atomic E-state index is 12.2. The Balaban J connectivity index is 2.14. The number of carbonyl (C=O) groups excluding carboxylic acids is 1. The van der Waals surface area contributed by atoms with E-state index in [0.717, 1.165) is 0 Å². The normalized spacial score (nSPS) is 20.4. The summed E-state index contributed by atoms with van der Waals surface area (Å²) in [6.07, 6.45) is -0.392. The summed E-state index contributed by atoms with van der Waals surface area (Å²) in [6, 6.07) is -0.384. The summed E-state index contributed by atoms with van der Waals surface area (Å²) in [4.78, 5) is 13.7. The number of carbonyl (C=O) groups is 1. The molecule has 0 saturated carbocycles. The molecule has 1 saturated heterocycles. The Morgan fingerprint density at radius 1 is 1.42 bits per heavy atom. The average Bonchev–Trinajstić information content (AvgIpc) is 2.73. The summed E-state index contributed by atoms with van der Waals surface area (Å²) in [6.45, 7) is 8.45. The van der Waals surface area contributed by atoms with Crippen LogP contribution in [0, 0.1) is 6.92 Å². The van der Waals surface area contributed by atoms with E-state index in [1.54, 1.807) is 11.8 Å². The number of hydrogen-bond donors (Lipinski definition) is 0. The van der Waals surface area contributed by atoms with Gasteiger partial charge in [0.25, 0.3) is 0 Å². The zero-order valence-electron chi connectivity index (χ0n) is 11.7. The molecule has 0 N–H and O–H groups in total. The van der Waals surface area contributed by atoms with Crippen LogP contribution in [-0.2, 0) is 9.47 Å². The smallest absolute Gasteiger partial charge is 0.411 e. The van der Waals surface area contributed by atoms with Gasteiger partial charge in [0.15, 0.2) is 0 Å². The molecule has 0 bridgehead atoms. The fourth-order valence-electron chi connectivity index (χ4n) is 1.79. The van der Waals surface area contributed by atoms with Crippen molar-refractivity contribution in [3.05, 3.63) is 11.8 Å². The van der Waals surface area contributed by atoms with E-state index in [1.807, 2.05) is 20.8 Å². The first-order valence-electron chi connectivity index (χ1n) is 6.24. The largest absolute Gasteiger partial charge is 0.444 e. The fourth-order valence-corrected chi connectivity index (χ4v) is 1.79. The van der Waals surface area contributed by atoms with E-state index in [9.17, 15) is 4.79 Å². The molecule has 0 spiro atoms. The Kier molecular flexibility index (Phi) is 3.75. The first kappa shape index (κ1) is 13.8. The van der Waals surface area contributed by atoms with E-state index in [4.69, 9.17) is 13.9 Å². The molecule has 2 rings (SSSR count). The number of hydrogen-bond acceptors (Lipinski definition) is 6. The predicted octanol–water partition coefficient (Wildman–Crippen LogP) is 1.69. The van der Waals surface area contributed by atoms with Crippen LogP contribution in [0.5, 0.6) is 0 Å². The van der Waals surface area contributed by atoms with Crippen LogP contribution in [0.1, 0.15) is 38.6 Å². The molecule has 1 aliphatic heterocycles. The molecule has 1 amide bonds. The molecular weight excluding hydrogens is 250 g/mol. The van der Waals surface area contributed by atoms with Gasteiger partial charge in [0, 0.05) is 13.5 Å². The standard InChI is InChI=1S/C12H19N3O4/c1-8-13-14-10(18-8)9-7-17-6-5-15(9)11(16)19-12(2,3)4/h9H,5-7H2,1-4H3/t9-/m0/s1. The van der Waals surface area contributed by atoms with Gasteiger partial charge in [-0.25, -0.2) is 4.79 Å². The second kappa shape index (κ2) is 5.16. The highest BCUT2D eigenvalue weighted by Crippen LogP contribution is 2.25. The molecular formula is C12H19N3O4. The average molecular weight is 269 g/mol. The van der Waals surface area contributed by atoms with Crippen molar-refractivity contribution in [2.75, 3.05) is 19.8 Å². The van der Waals surface area contributed by atoms with Gasteiger partial charge in [-0.15, -0.1) is 10.2 Å². The first-order chi connectivity index (χ1) is 8.87. The van der Waals surface area contributed by atoms with Crippen molar-refractivity contribution in [2.24, 2.45) is 0 Å². The molecule has 106 valence electrons. The van der Waals surface area contributed by atoms with Gasteiger partial charge >= 0.3 is 6.09 Å². The van der Waals surface area contributed by atoms with Crippen LogP contribution in [0.3, 0.4) is 0 Å². The molecule has 1 aliphatic rings. The second-order valence-electron chi connectivity index (χ2n) is 5.42. The third-order valence-corrected chi connectivity index (χ3v) is 2.58. The quantitative estimate of drug-likeness (QED) is 0.772. The summed E-state index contributed by atoms with van der Waals surface area (Å²) in [5, 5.41) is 7.73. The number of nitrogens with zero attached hydrogens (tertiary/aromatic N) is 3. The molecule has 0 aliphatic carbocycles. The summed E-state index contributed by atoms with van der Waals surface area (Å²) in [5.41, 5.74) is -0.537. The molecule has 1 aromatic rings. The third-order valence-electron chi connectivity index (χ3n) is 2.58. The van der Waals surface area contributed by atoms with E-state index < -0.39 is 11.7 Å². The Morgan fingerprint density at radius 3 is 2.74 bits per heavy atom. The van der Waals surface area contributed by atoms with Crippen LogP contribution in [0.25, 0.3) is 0 Å². The minimum atomic E-state index is -0.537. The minimum absolute atomic E-state index is 0.334. The Labute approximate surface area is 111 Å². The summed E-state index contributed by atoms with van der Waals surface area (Å²) in [5.74, 6) is 0.841. The number of morpholine rings is 1. The Bertz CT molecular complexity index is 452. The zero-order valence-corrected chi connectivity index (χ0v) is 11.7. The van der Waals surface area contributed by atoms with Crippen LogP contribution >= 0.6 is 0 Å². The summed E-state index contributed by atoms with van der Waals surface area (Å²) >= 11 is 0. The minimum Gasteiger partial charge on any atom is -0.444 e. The van der Waals surface area contributed by atoms with Crippen molar-refractivity contribution in [1.82, 2.24) is 15.1 Å². The number of ether oxygens (including phenoxy) is 2. The molecule has 1 atom stereocenters. The third kappa shape index (κ3) is 3.44. The van der Waals surface area contributed by atoms with Crippen LogP contribution < -0.4 is 0 Å². The van der Waals surface area contributed by atoms with E-state index in [1.165, 1.54) is 0 Å². The van der Waals surface area contributed by atoms with Crippen LogP contribution in [0.2, 0.25) is 0 Å². The highest BCUT2D eigenvalue weighted by molar-refractivity contribution is 5.68. The maximum atomic E-state index is 12.2. The number of amides is 1. The van der Waals surface area contributed by atoms with Gasteiger partial charge in [-0.2, -0.15) is 0 Å². The number of rotatable bonds is 1. The van der Waals surface area contributed by atoms with Gasteiger partial charge in [0.2, 0.25) is 11.8 Å². The monoisotopic (exact) mass is 269 g/mol. The van der Waals surface area contributed by atoms with Gasteiger partial charge in [0.05, 0.1) is 13.2 Å². The van der Waals surface area contributed by atoms with Gasteiger partial charge in [-0.1, -0.05) is 0 Å². The molecule has 0 aromatic carbocycles. The van der Waals surface area contributed by atoms with Crippen LogP contribution in [0.15, 0.2) is 4.42 Å². The summed E-state index contributed by atoms with van der Waals surface area (Å²) < 4.78 is 16.1. The molecule has 0 unspecified atom stereocenters. The second-order valence-corrected chi connectivity index (χ2v) is 5.42. The zero-order chi connectivity index (χ0) is 14.0. The van der Waals surface area contributed by atoms with E-state index in [2.05, 4.69) is 10.2 Å². The van der Waals surface area contributed by atoms with Crippen molar-refractivity contribution < 1.29 is 18.7 Å². The van der Waals surface area contributed by atoms with Gasteiger partial charge in [0.1, 0.15) is 11.6 Å². The lowest BCUT2D eigenvalue weighted by Gasteiger charge is -2.34. The SMILES string of the molecule is Cc1nnc([C@@H]2COCCN2C(=O)OC(C)(C)C)o1. The Morgan fingerprint density at radius 2 is 2.16 bits per heavy atom. The van der Waals surface area contributed by atoms with Crippen molar-refractivity contribution in [3.8, 4) is 0 Å². The lowest BCUT2D eigenvalue weighted by molar-refractivity contribution is -0.0392. The topological polar surface area (TPSA) is 77.7 Å². The highest BCUT2D eigenvalue weighted by atomic mass is 16.6. The van der Waals surface area contributed by atoms with E-state index >= 15 is 0 Å². The number of aryl methyl sites for hydroxylation is 1. The van der Waals surface area contributed by atoms with Crippen molar-refractivity contribution in [2.45, 2.75) is 39.3 Å². The van der Waals surface area contributed by atoms with Crippen LogP contribution in [-0.4, -0.2) is 46.6 Å². The molecule has 19 heavy (non-hydrogen) atoms. The fraction of sp³-hybridized carbons (Fsp3) is 0.750. The van der Waals surface area contributed by atoms with Crippen molar-refractivity contribution in [1.29, 1.82) is 0 Å². The van der Waals surface area contributed by atoms with Gasteiger partial charge in [-0.3, -0.25) is 4.90 Å². The molecule has 1 fully saturated rings. The first-order valence-corrected chi connectivity index (χ1v) is 6.24. The van der Waals surface area contributed by atoms with Crippen molar-refractivity contribution in [3.63, 3.8) is 0 Å². The lowest BCUT2D eigenvalue weighted by atomic mass is 10.2. The van der Waals surface area contributed by atoms with E-state index in [-0.39, 0.29) is 6.04 Å². The molecule has 2 heterocycles. The highest BCUT2D eigenvalue weighted by Gasteiger charge is 2.35. The maximum Gasteiger partial charge on any atom is 0.411 e. The molecule has 7 heteroatoms. The van der Waals surface area contributed by atoms with Crippen molar-refractivity contribution >= 4 is 6.09 Å².